The number of allylic oxidation sites excluding steroid dienone is 1. The van der Waals surface area contributed by atoms with Gasteiger partial charge in [-0.2, -0.15) is 0 Å². The molecule has 3 saturated carbocycles. The van der Waals surface area contributed by atoms with Gasteiger partial charge in [-0.25, -0.2) is 4.39 Å². The number of fused-ring (bicyclic) bond motifs is 5. The van der Waals surface area contributed by atoms with Crippen LogP contribution in [0.1, 0.15) is 65.2 Å². The van der Waals surface area contributed by atoms with E-state index in [1.54, 1.807) is 6.08 Å². The molecule has 2 N–H and O–H groups in total. The van der Waals surface area contributed by atoms with Crippen molar-refractivity contribution in [2.75, 3.05) is 0 Å². The van der Waals surface area contributed by atoms with Gasteiger partial charge in [0.15, 0.2) is 5.79 Å². The lowest BCUT2D eigenvalue weighted by molar-refractivity contribution is -0.145. The maximum Gasteiger partial charge on any atom is 0.182 e. The summed E-state index contributed by atoms with van der Waals surface area (Å²) in [6, 6.07) is 0. The van der Waals surface area contributed by atoms with Gasteiger partial charge in [-0.05, 0) is 79.6 Å². The Morgan fingerprint density at radius 1 is 1.09 bits per heavy atom. The quantitative estimate of drug-likeness (QED) is 0.525. The average molecular weight is 308 g/mol. The molecule has 0 saturated heterocycles. The first-order chi connectivity index (χ1) is 10.2. The topological polar surface area (TPSA) is 40.5 Å². The van der Waals surface area contributed by atoms with Crippen LogP contribution in [0.4, 0.5) is 4.39 Å². The van der Waals surface area contributed by atoms with E-state index in [9.17, 15) is 14.6 Å². The Hall–Kier alpha value is -0.410. The van der Waals surface area contributed by atoms with E-state index in [0.29, 0.717) is 24.2 Å². The van der Waals surface area contributed by atoms with Crippen molar-refractivity contribution in [3.63, 3.8) is 0 Å². The van der Waals surface area contributed by atoms with Crippen LogP contribution >= 0.6 is 0 Å². The summed E-state index contributed by atoms with van der Waals surface area (Å²) in [6.45, 7) is 4.64. The normalized spacial score (nSPS) is 53.2. The van der Waals surface area contributed by atoms with Crippen molar-refractivity contribution in [2.45, 2.75) is 77.2 Å². The molecule has 3 fully saturated rings. The summed E-state index contributed by atoms with van der Waals surface area (Å²) in [5.74, 6) is 0.162. The fourth-order valence-corrected chi connectivity index (χ4v) is 6.68. The van der Waals surface area contributed by atoms with Gasteiger partial charge >= 0.3 is 0 Å². The minimum Gasteiger partial charge on any atom is -0.362 e. The second-order valence-corrected chi connectivity index (χ2v) is 9.11. The second-order valence-electron chi connectivity index (χ2n) is 9.11. The van der Waals surface area contributed by atoms with E-state index in [-0.39, 0.29) is 10.8 Å². The minimum atomic E-state index is -1.61. The predicted octanol–water partition coefficient (Wildman–Crippen LogP) is 3.97. The van der Waals surface area contributed by atoms with E-state index in [4.69, 9.17) is 0 Å². The fourth-order valence-electron chi connectivity index (χ4n) is 6.68. The highest BCUT2D eigenvalue weighted by atomic mass is 19.1. The molecule has 124 valence electrons. The van der Waals surface area contributed by atoms with Gasteiger partial charge in [-0.15, -0.1) is 0 Å². The molecule has 0 aliphatic heterocycles. The first-order valence-corrected chi connectivity index (χ1v) is 9.05. The predicted molar refractivity (Wildman–Crippen MR) is 83.8 cm³/mol. The highest BCUT2D eigenvalue weighted by Gasteiger charge is 2.58. The fraction of sp³-hybridized carbons (Fsp3) is 0.895. The molecule has 0 aromatic rings. The zero-order valence-electron chi connectivity index (χ0n) is 13.8. The Bertz CT molecular complexity index is 514. The van der Waals surface area contributed by atoms with Crippen LogP contribution in [0, 0.1) is 28.6 Å². The summed E-state index contributed by atoms with van der Waals surface area (Å²) in [5, 5.41) is 20.0. The van der Waals surface area contributed by atoms with Gasteiger partial charge in [0.25, 0.3) is 0 Å². The van der Waals surface area contributed by atoms with Crippen LogP contribution < -0.4 is 0 Å². The Morgan fingerprint density at radius 3 is 2.64 bits per heavy atom. The molecule has 2 nitrogen and oxygen atoms in total. The van der Waals surface area contributed by atoms with Crippen molar-refractivity contribution in [1.29, 1.82) is 0 Å². The third kappa shape index (κ3) is 2.04. The Labute approximate surface area is 132 Å². The van der Waals surface area contributed by atoms with Crippen molar-refractivity contribution < 1.29 is 14.6 Å². The van der Waals surface area contributed by atoms with E-state index in [1.807, 2.05) is 0 Å². The summed E-state index contributed by atoms with van der Waals surface area (Å²) in [7, 11) is 0. The zero-order valence-corrected chi connectivity index (χ0v) is 13.8. The monoisotopic (exact) mass is 308 g/mol. The molecule has 0 spiro atoms. The molecule has 4 aliphatic carbocycles. The van der Waals surface area contributed by atoms with Crippen molar-refractivity contribution in [3.05, 3.63) is 11.6 Å². The van der Waals surface area contributed by atoms with Crippen molar-refractivity contribution in [2.24, 2.45) is 28.6 Å². The van der Waals surface area contributed by atoms with Crippen LogP contribution in [0.3, 0.4) is 0 Å². The van der Waals surface area contributed by atoms with Gasteiger partial charge in [-0.1, -0.05) is 19.4 Å². The zero-order chi connectivity index (χ0) is 15.8. The molecule has 3 heteroatoms. The van der Waals surface area contributed by atoms with Crippen LogP contribution in [0.25, 0.3) is 0 Å². The van der Waals surface area contributed by atoms with Gasteiger partial charge in [-0.3, -0.25) is 0 Å². The van der Waals surface area contributed by atoms with Crippen LogP contribution in [0.2, 0.25) is 0 Å². The summed E-state index contributed by atoms with van der Waals surface area (Å²) >= 11 is 0. The number of alkyl halides is 1. The van der Waals surface area contributed by atoms with Gasteiger partial charge in [0.05, 0.1) is 0 Å². The third-order valence-corrected chi connectivity index (χ3v) is 7.87. The molecule has 0 amide bonds. The number of rotatable bonds is 0. The molecule has 0 radical (unpaired) electrons. The molecular weight excluding hydrogens is 279 g/mol. The lowest BCUT2D eigenvalue weighted by Gasteiger charge is -2.58. The van der Waals surface area contributed by atoms with Crippen LogP contribution in [-0.2, 0) is 0 Å². The van der Waals surface area contributed by atoms with Gasteiger partial charge < -0.3 is 10.2 Å². The number of hydrogen-bond donors (Lipinski definition) is 2. The molecule has 0 bridgehead atoms. The molecular formula is C19H29FO2. The van der Waals surface area contributed by atoms with Crippen LogP contribution in [0.5, 0.6) is 0 Å². The van der Waals surface area contributed by atoms with E-state index >= 15 is 0 Å². The molecule has 0 aromatic heterocycles. The standard InChI is InChI=1S/C19H29FO2/c1-17-6-5-15-14(16(17)9-13(20)11-17)4-3-12-10-19(21,22)8-7-18(12,15)2/h10,13-16,21-22H,3-9,11H2,1-2H3/t13-,14-,15+,16+,17-,18+/m1/s1. The third-order valence-electron chi connectivity index (χ3n) is 7.87. The highest BCUT2D eigenvalue weighted by molar-refractivity contribution is 5.26. The lowest BCUT2D eigenvalue weighted by Crippen LogP contribution is -2.50. The van der Waals surface area contributed by atoms with Crippen molar-refractivity contribution >= 4 is 0 Å². The smallest absolute Gasteiger partial charge is 0.182 e. The van der Waals surface area contributed by atoms with E-state index in [1.165, 1.54) is 12.0 Å². The van der Waals surface area contributed by atoms with Gasteiger partial charge in [0, 0.05) is 6.42 Å². The summed E-state index contributed by atoms with van der Waals surface area (Å²) in [4.78, 5) is 0. The summed E-state index contributed by atoms with van der Waals surface area (Å²) in [5.41, 5.74) is 1.57. The number of aliphatic hydroxyl groups is 2. The number of halogens is 1. The molecule has 0 unspecified atom stereocenters. The van der Waals surface area contributed by atoms with Crippen molar-refractivity contribution in [1.82, 2.24) is 0 Å². The maximum absolute atomic E-state index is 14.1. The Morgan fingerprint density at radius 2 is 1.86 bits per heavy atom. The van der Waals surface area contributed by atoms with Gasteiger partial charge in [0.1, 0.15) is 6.17 Å². The summed E-state index contributed by atoms with van der Waals surface area (Å²) in [6.07, 6.45) is 8.33. The Kier molecular flexibility index (Phi) is 3.14. The van der Waals surface area contributed by atoms with Crippen LogP contribution in [0.15, 0.2) is 11.6 Å². The molecule has 6 atom stereocenters. The Balaban J connectivity index is 1.67. The van der Waals surface area contributed by atoms with Gasteiger partial charge in [0.2, 0.25) is 0 Å². The molecule has 0 heterocycles. The average Bonchev–Trinajstić information content (AvgIpc) is 2.74. The van der Waals surface area contributed by atoms with E-state index < -0.39 is 12.0 Å². The van der Waals surface area contributed by atoms with Crippen molar-refractivity contribution in [3.8, 4) is 0 Å². The SMILES string of the molecule is C[C@]12CC[C@H]3[C@@H](CCC4=CC(O)(O)CC[C@@]43C)[C@@H]1C[C@@H](F)C2. The number of hydrogen-bond acceptors (Lipinski definition) is 2. The van der Waals surface area contributed by atoms with E-state index in [0.717, 1.165) is 38.5 Å². The van der Waals surface area contributed by atoms with E-state index in [2.05, 4.69) is 13.8 Å². The molecule has 4 rings (SSSR count). The maximum atomic E-state index is 14.1. The second kappa shape index (κ2) is 4.57. The first kappa shape index (κ1) is 15.1. The molecule has 22 heavy (non-hydrogen) atoms. The van der Waals surface area contributed by atoms with Crippen LogP contribution in [-0.4, -0.2) is 22.2 Å². The highest BCUT2D eigenvalue weighted by Crippen LogP contribution is 2.65. The summed E-state index contributed by atoms with van der Waals surface area (Å²) < 4.78 is 14.1. The molecule has 0 aromatic carbocycles. The lowest BCUT2D eigenvalue weighted by atomic mass is 9.47. The minimum absolute atomic E-state index is 0.105. The molecule has 4 aliphatic rings. The largest absolute Gasteiger partial charge is 0.362 e. The first-order valence-electron chi connectivity index (χ1n) is 9.05.